The van der Waals surface area contributed by atoms with Gasteiger partial charge in [-0.3, -0.25) is 14.5 Å². The Balaban J connectivity index is 1.54. The number of phenolic OH excluding ortho intramolecular Hbond substituents is 1. The molecule has 3 N–H and O–H groups in total. The van der Waals surface area contributed by atoms with Gasteiger partial charge in [-0.25, -0.2) is 4.98 Å². The smallest absolute Gasteiger partial charge is 0.302 e. The average Bonchev–Trinajstić information content (AvgIpc) is 3.42. The van der Waals surface area contributed by atoms with Gasteiger partial charge in [-0.15, -0.1) is 0 Å². The number of aliphatic hydroxyl groups is 1. The van der Waals surface area contributed by atoms with E-state index in [4.69, 9.17) is 4.74 Å². The van der Waals surface area contributed by atoms with Gasteiger partial charge in [-0.1, -0.05) is 24.3 Å². The summed E-state index contributed by atoms with van der Waals surface area (Å²) >= 11 is 0. The number of aromatic nitrogens is 2. The monoisotopic (exact) mass is 482 g/mol. The van der Waals surface area contributed by atoms with E-state index in [-0.39, 0.29) is 23.0 Å². The number of ether oxygens (including phenoxy) is 1. The molecule has 9 nitrogen and oxygen atoms in total. The van der Waals surface area contributed by atoms with Crippen molar-refractivity contribution in [2.24, 2.45) is 0 Å². The van der Waals surface area contributed by atoms with Gasteiger partial charge in [-0.2, -0.15) is 0 Å². The molecule has 1 amide bonds. The molecule has 1 aromatic heterocycles. The second-order valence-corrected chi connectivity index (χ2v) is 8.79. The Morgan fingerprint density at radius 2 is 1.86 bits per heavy atom. The van der Waals surface area contributed by atoms with Crippen molar-refractivity contribution in [2.75, 3.05) is 30.0 Å². The number of nitrogens with zero attached hydrogens (tertiary/aromatic N) is 3. The minimum Gasteiger partial charge on any atom is -0.508 e. The molecule has 0 radical (unpaired) electrons. The number of carbonyl (C=O) groups excluding carboxylic acids is 2. The minimum atomic E-state index is -0.962. The van der Waals surface area contributed by atoms with Crippen LogP contribution in [0.2, 0.25) is 0 Å². The number of fused-ring (bicyclic) bond motifs is 2. The number of rotatable bonds is 3. The van der Waals surface area contributed by atoms with Crippen LogP contribution in [-0.4, -0.2) is 52.1 Å². The van der Waals surface area contributed by atoms with E-state index in [1.54, 1.807) is 36.4 Å². The van der Waals surface area contributed by atoms with E-state index >= 15 is 0 Å². The van der Waals surface area contributed by atoms with Crippen LogP contribution < -0.4 is 14.5 Å². The number of Topliss-reactive ketones (excluding diaryl/α,β-unsaturated/α-hetero) is 1. The molecule has 1 fully saturated rings. The van der Waals surface area contributed by atoms with Crippen molar-refractivity contribution in [1.82, 2.24) is 9.97 Å². The van der Waals surface area contributed by atoms with E-state index in [0.29, 0.717) is 41.1 Å². The number of hydrogen-bond donors (Lipinski definition) is 3. The van der Waals surface area contributed by atoms with Crippen LogP contribution in [0.4, 0.5) is 11.6 Å². The molecule has 3 heterocycles. The fourth-order valence-corrected chi connectivity index (χ4v) is 4.73. The Hall–Kier alpha value is -4.79. The second kappa shape index (κ2) is 8.16. The minimum absolute atomic E-state index is 0.0390. The predicted molar refractivity (Wildman–Crippen MR) is 134 cm³/mol. The largest absolute Gasteiger partial charge is 0.508 e. The number of hydrogen-bond acceptors (Lipinski definition) is 7. The van der Waals surface area contributed by atoms with Crippen LogP contribution in [0.1, 0.15) is 17.2 Å². The lowest BCUT2D eigenvalue weighted by Crippen LogP contribution is -2.30. The zero-order chi connectivity index (χ0) is 25.0. The Bertz CT molecular complexity index is 1520. The number of aliphatic hydroxyl groups excluding tert-OH is 1. The quantitative estimate of drug-likeness (QED) is 0.231. The summed E-state index contributed by atoms with van der Waals surface area (Å²) in [6, 6.07) is 17.6. The molecule has 0 bridgehead atoms. The molecule has 0 saturated carbocycles. The van der Waals surface area contributed by atoms with Crippen molar-refractivity contribution < 1.29 is 24.5 Å². The molecule has 3 aromatic carbocycles. The van der Waals surface area contributed by atoms with Crippen LogP contribution in [0, 0.1) is 0 Å². The van der Waals surface area contributed by atoms with E-state index < -0.39 is 17.7 Å². The molecule has 2 aliphatic rings. The van der Waals surface area contributed by atoms with E-state index in [9.17, 15) is 19.8 Å². The summed E-state index contributed by atoms with van der Waals surface area (Å²) in [6.45, 7) is 1.24. The number of nitrogens with one attached hydrogen (secondary N) is 1. The van der Waals surface area contributed by atoms with Crippen LogP contribution >= 0.6 is 0 Å². The summed E-state index contributed by atoms with van der Waals surface area (Å²) in [5.74, 6) is -1.03. The lowest BCUT2D eigenvalue weighted by atomic mass is 9.95. The standard InChI is InChI=1S/C27H22N4O5/c1-30-12-13-36-21-11-8-16(14-20(21)30)24(33)22-23(15-6-9-17(32)10-7-15)31(26(35)25(22)34)27-28-18-4-2-3-5-19(18)29-27/h2-11,14,23,32-33H,12-13H2,1H3,(H,28,29)/b24-22+. The number of carbonyl (C=O) groups is 2. The van der Waals surface area contributed by atoms with Gasteiger partial charge in [0.1, 0.15) is 23.9 Å². The molecule has 0 aliphatic carbocycles. The van der Waals surface area contributed by atoms with Gasteiger partial charge >= 0.3 is 5.91 Å². The number of aromatic amines is 1. The number of ketones is 1. The molecule has 1 saturated heterocycles. The first kappa shape index (κ1) is 21.7. The first-order chi connectivity index (χ1) is 17.4. The highest BCUT2D eigenvalue weighted by molar-refractivity contribution is 6.51. The number of amides is 1. The van der Waals surface area contributed by atoms with Crippen LogP contribution in [0.15, 0.2) is 72.3 Å². The normalized spacial score (nSPS) is 19.0. The zero-order valence-electron chi connectivity index (χ0n) is 19.3. The lowest BCUT2D eigenvalue weighted by Gasteiger charge is -2.28. The molecule has 0 spiro atoms. The molecular formula is C27H22N4O5. The summed E-state index contributed by atoms with van der Waals surface area (Å²) < 4.78 is 5.69. The van der Waals surface area contributed by atoms with Gasteiger partial charge in [0.05, 0.1) is 34.9 Å². The topological polar surface area (TPSA) is 119 Å². The Labute approximate surface area is 205 Å². The third kappa shape index (κ3) is 3.36. The molecule has 180 valence electrons. The first-order valence-electron chi connectivity index (χ1n) is 11.5. The first-order valence-corrected chi connectivity index (χ1v) is 11.5. The van der Waals surface area contributed by atoms with Crippen molar-refractivity contribution in [1.29, 1.82) is 0 Å². The number of benzene rings is 3. The second-order valence-electron chi connectivity index (χ2n) is 8.79. The highest BCUT2D eigenvalue weighted by atomic mass is 16.5. The highest BCUT2D eigenvalue weighted by Crippen LogP contribution is 2.43. The third-order valence-corrected chi connectivity index (χ3v) is 6.59. The Morgan fingerprint density at radius 3 is 2.64 bits per heavy atom. The fourth-order valence-electron chi connectivity index (χ4n) is 4.73. The zero-order valence-corrected chi connectivity index (χ0v) is 19.3. The molecule has 4 aromatic rings. The molecule has 2 aliphatic heterocycles. The maximum absolute atomic E-state index is 13.4. The van der Waals surface area contributed by atoms with Gasteiger partial charge < -0.3 is 24.8 Å². The van der Waals surface area contributed by atoms with Gasteiger partial charge in [-0.05, 0) is 48.0 Å². The number of likely N-dealkylation sites (N-methyl/N-ethyl adjacent to an activating group) is 1. The molecule has 1 unspecified atom stereocenters. The number of anilines is 2. The number of imidazole rings is 1. The molecule has 6 rings (SSSR count). The molecular weight excluding hydrogens is 460 g/mol. The van der Waals surface area contributed by atoms with E-state index in [1.165, 1.54) is 17.0 Å². The van der Waals surface area contributed by atoms with E-state index in [2.05, 4.69) is 9.97 Å². The van der Waals surface area contributed by atoms with Crippen molar-refractivity contribution in [3.8, 4) is 11.5 Å². The van der Waals surface area contributed by atoms with Crippen LogP contribution in [-0.2, 0) is 9.59 Å². The van der Waals surface area contributed by atoms with Crippen molar-refractivity contribution >= 4 is 40.1 Å². The summed E-state index contributed by atoms with van der Waals surface area (Å²) in [5.41, 5.74) is 2.97. The lowest BCUT2D eigenvalue weighted by molar-refractivity contribution is -0.132. The van der Waals surface area contributed by atoms with Crippen molar-refractivity contribution in [2.45, 2.75) is 6.04 Å². The maximum Gasteiger partial charge on any atom is 0.302 e. The fraction of sp³-hybridized carbons (Fsp3) is 0.148. The summed E-state index contributed by atoms with van der Waals surface area (Å²) in [5, 5.41) is 21.3. The molecule has 9 heteroatoms. The number of phenols is 1. The molecule has 36 heavy (non-hydrogen) atoms. The van der Waals surface area contributed by atoms with Gasteiger partial charge in [0, 0.05) is 12.6 Å². The van der Waals surface area contributed by atoms with Crippen molar-refractivity contribution in [3.63, 3.8) is 0 Å². The summed E-state index contributed by atoms with van der Waals surface area (Å²) in [4.78, 5) is 37.6. The summed E-state index contributed by atoms with van der Waals surface area (Å²) in [6.07, 6.45) is 0. The summed E-state index contributed by atoms with van der Waals surface area (Å²) in [7, 11) is 1.92. The Morgan fingerprint density at radius 1 is 1.08 bits per heavy atom. The Kier molecular flexibility index (Phi) is 4.92. The third-order valence-electron chi connectivity index (χ3n) is 6.59. The SMILES string of the molecule is CN1CCOc2ccc(/C(O)=C3\C(=O)C(=O)N(c4nc5ccccc5[nH]4)C3c3ccc(O)cc3)cc21. The van der Waals surface area contributed by atoms with E-state index in [1.807, 2.05) is 30.1 Å². The van der Waals surface area contributed by atoms with E-state index in [0.717, 1.165) is 5.69 Å². The van der Waals surface area contributed by atoms with Gasteiger partial charge in [0.2, 0.25) is 5.95 Å². The number of H-pyrrole nitrogens is 1. The van der Waals surface area contributed by atoms with Crippen molar-refractivity contribution in [3.05, 3.63) is 83.4 Å². The maximum atomic E-state index is 13.4. The molecule has 1 atom stereocenters. The van der Waals surface area contributed by atoms with Crippen LogP contribution in [0.25, 0.3) is 16.8 Å². The van der Waals surface area contributed by atoms with Crippen LogP contribution in [0.5, 0.6) is 11.5 Å². The van der Waals surface area contributed by atoms with Gasteiger partial charge in [0.15, 0.2) is 0 Å². The number of aromatic hydroxyl groups is 1. The number of para-hydroxylation sites is 2. The highest BCUT2D eigenvalue weighted by Gasteiger charge is 2.48. The predicted octanol–water partition coefficient (Wildman–Crippen LogP) is 3.72. The average molecular weight is 482 g/mol. The van der Waals surface area contributed by atoms with Crippen LogP contribution in [0.3, 0.4) is 0 Å². The van der Waals surface area contributed by atoms with Gasteiger partial charge in [0.25, 0.3) is 5.78 Å².